The molecule has 1 aromatic carbocycles. The number of aromatic nitrogens is 2. The van der Waals surface area contributed by atoms with E-state index >= 15 is 0 Å². The average molecular weight is 363 g/mol. The van der Waals surface area contributed by atoms with E-state index in [-0.39, 0.29) is 10.8 Å². The van der Waals surface area contributed by atoms with Gasteiger partial charge >= 0.3 is 0 Å². The molecule has 9 heteroatoms. The summed E-state index contributed by atoms with van der Waals surface area (Å²) in [6.07, 6.45) is 2.85. The second-order valence-electron chi connectivity index (χ2n) is 5.41. The quantitative estimate of drug-likeness (QED) is 0.640. The molecule has 1 amide bonds. The van der Waals surface area contributed by atoms with E-state index in [1.54, 1.807) is 18.2 Å². The van der Waals surface area contributed by atoms with E-state index < -0.39 is 10.0 Å². The number of rotatable bonds is 8. The van der Waals surface area contributed by atoms with E-state index in [0.717, 1.165) is 12.0 Å². The fourth-order valence-corrected chi connectivity index (χ4v) is 2.60. The largest absolute Gasteiger partial charge is 0.370 e. The molecule has 0 fully saturated rings. The molecule has 0 aliphatic rings. The Morgan fingerprint density at radius 1 is 1.16 bits per heavy atom. The highest BCUT2D eigenvalue weighted by atomic mass is 32.2. The molecule has 0 atom stereocenters. The molecule has 0 unspecified atom stereocenters. The highest BCUT2D eigenvalue weighted by molar-refractivity contribution is 7.89. The molecule has 0 aliphatic heterocycles. The summed E-state index contributed by atoms with van der Waals surface area (Å²) in [7, 11) is -3.67. The summed E-state index contributed by atoms with van der Waals surface area (Å²) < 4.78 is 22.4. The molecule has 0 radical (unpaired) electrons. The van der Waals surface area contributed by atoms with Crippen molar-refractivity contribution in [2.45, 2.75) is 24.7 Å². The lowest BCUT2D eigenvalue weighted by Gasteiger charge is -2.08. The Morgan fingerprint density at radius 2 is 1.88 bits per heavy atom. The van der Waals surface area contributed by atoms with Crippen LogP contribution in [0.25, 0.3) is 0 Å². The van der Waals surface area contributed by atoms with Gasteiger partial charge in [0.25, 0.3) is 5.91 Å². The maximum atomic E-state index is 11.9. The van der Waals surface area contributed by atoms with Crippen molar-refractivity contribution in [2.75, 3.05) is 18.4 Å². The Labute approximate surface area is 146 Å². The molecule has 0 spiro atoms. The Kier molecular flexibility index (Phi) is 6.43. The molecule has 4 N–H and O–H groups in total. The van der Waals surface area contributed by atoms with Gasteiger partial charge < -0.3 is 10.6 Å². The molecule has 8 nitrogen and oxygen atoms in total. The van der Waals surface area contributed by atoms with Gasteiger partial charge in [-0.2, -0.15) is 0 Å². The number of sulfonamides is 1. The van der Waals surface area contributed by atoms with Gasteiger partial charge in [0.15, 0.2) is 0 Å². The van der Waals surface area contributed by atoms with Gasteiger partial charge in [-0.15, -0.1) is 0 Å². The Morgan fingerprint density at radius 3 is 2.52 bits per heavy atom. The normalized spacial score (nSPS) is 11.1. The maximum Gasteiger partial charge on any atom is 0.270 e. The van der Waals surface area contributed by atoms with Crippen molar-refractivity contribution in [3.8, 4) is 0 Å². The topological polar surface area (TPSA) is 127 Å². The Bertz CT molecular complexity index is 822. The third-order valence-electron chi connectivity index (χ3n) is 3.41. The van der Waals surface area contributed by atoms with Crippen LogP contribution < -0.4 is 15.8 Å². The number of carbonyl (C=O) groups excluding carboxylic acids is 1. The zero-order valence-electron chi connectivity index (χ0n) is 13.9. The predicted octanol–water partition coefficient (Wildman–Crippen LogP) is 0.918. The van der Waals surface area contributed by atoms with Crippen LogP contribution in [0.2, 0.25) is 0 Å². The number of amides is 1. The number of nitrogens with one attached hydrogen (secondary N) is 2. The molecular formula is C16H21N5O3S. The number of hydrogen-bond donors (Lipinski definition) is 3. The molecule has 0 saturated heterocycles. The summed E-state index contributed by atoms with van der Waals surface area (Å²) in [5.41, 5.74) is 1.26. The van der Waals surface area contributed by atoms with E-state index in [2.05, 4.69) is 20.6 Å². The number of nitrogens with two attached hydrogens (primary N) is 1. The number of anilines is 1. The predicted molar refractivity (Wildman–Crippen MR) is 94.7 cm³/mol. The minimum absolute atomic E-state index is 0.0859. The van der Waals surface area contributed by atoms with Gasteiger partial charge in [0, 0.05) is 19.2 Å². The minimum atomic E-state index is -3.67. The first-order valence-corrected chi connectivity index (χ1v) is 9.40. The first-order valence-electron chi connectivity index (χ1n) is 7.86. The lowest BCUT2D eigenvalue weighted by Crippen LogP contribution is -2.25. The second kappa shape index (κ2) is 8.54. The van der Waals surface area contributed by atoms with Gasteiger partial charge in [-0.05, 0) is 30.5 Å². The molecule has 2 aromatic rings. The Balaban J connectivity index is 1.90. The van der Waals surface area contributed by atoms with Crippen LogP contribution in [0.15, 0.2) is 41.6 Å². The number of carbonyl (C=O) groups is 1. The summed E-state index contributed by atoms with van der Waals surface area (Å²) in [6.45, 7) is 3.14. The summed E-state index contributed by atoms with van der Waals surface area (Å²) >= 11 is 0. The number of primary sulfonamides is 1. The van der Waals surface area contributed by atoms with E-state index in [1.807, 2.05) is 6.92 Å². The van der Waals surface area contributed by atoms with Crippen molar-refractivity contribution < 1.29 is 13.2 Å². The van der Waals surface area contributed by atoms with Crippen LogP contribution in [-0.4, -0.2) is 37.4 Å². The minimum Gasteiger partial charge on any atom is -0.370 e. The molecular weight excluding hydrogens is 342 g/mol. The van der Waals surface area contributed by atoms with Crippen molar-refractivity contribution in [2.24, 2.45) is 5.14 Å². The zero-order chi connectivity index (χ0) is 18.3. The monoisotopic (exact) mass is 363 g/mol. The third-order valence-corrected chi connectivity index (χ3v) is 4.34. The lowest BCUT2D eigenvalue weighted by molar-refractivity contribution is 0.0948. The second-order valence-corrected chi connectivity index (χ2v) is 6.97. The van der Waals surface area contributed by atoms with Crippen molar-refractivity contribution in [1.29, 1.82) is 0 Å². The smallest absolute Gasteiger partial charge is 0.270 e. The van der Waals surface area contributed by atoms with Crippen molar-refractivity contribution in [3.63, 3.8) is 0 Å². The van der Waals surface area contributed by atoms with Crippen LogP contribution in [0.5, 0.6) is 0 Å². The Hall–Kier alpha value is -2.52. The van der Waals surface area contributed by atoms with Crippen LogP contribution >= 0.6 is 0 Å². The summed E-state index contributed by atoms with van der Waals surface area (Å²) in [5, 5.41) is 10.9. The summed E-state index contributed by atoms with van der Waals surface area (Å²) in [6, 6.07) is 7.97. The van der Waals surface area contributed by atoms with Gasteiger partial charge in [-0.3, -0.25) is 4.79 Å². The van der Waals surface area contributed by atoms with Crippen LogP contribution in [0.1, 0.15) is 29.4 Å². The molecule has 1 aromatic heterocycles. The fraction of sp³-hybridized carbons (Fsp3) is 0.312. The van der Waals surface area contributed by atoms with Gasteiger partial charge in [0.05, 0.1) is 4.90 Å². The third kappa shape index (κ3) is 5.80. The molecule has 134 valence electrons. The molecule has 0 aliphatic carbocycles. The molecule has 0 saturated carbocycles. The van der Waals surface area contributed by atoms with Gasteiger partial charge in [-0.1, -0.05) is 19.1 Å². The lowest BCUT2D eigenvalue weighted by atomic mass is 10.1. The van der Waals surface area contributed by atoms with Crippen LogP contribution in [0.3, 0.4) is 0 Å². The van der Waals surface area contributed by atoms with Crippen molar-refractivity contribution in [3.05, 3.63) is 47.9 Å². The number of nitrogens with zero attached hydrogens (tertiary/aromatic N) is 2. The van der Waals surface area contributed by atoms with Crippen LogP contribution in [-0.2, 0) is 16.4 Å². The van der Waals surface area contributed by atoms with Crippen LogP contribution in [0, 0.1) is 0 Å². The van der Waals surface area contributed by atoms with Crippen molar-refractivity contribution in [1.82, 2.24) is 15.3 Å². The zero-order valence-corrected chi connectivity index (χ0v) is 14.7. The molecule has 1 heterocycles. The molecule has 2 rings (SSSR count). The van der Waals surface area contributed by atoms with E-state index in [0.29, 0.717) is 31.0 Å². The van der Waals surface area contributed by atoms with Gasteiger partial charge in [0.1, 0.15) is 17.8 Å². The standard InChI is InChI=1S/C16H21N5O3S/c1-2-8-19-16(22)14-10-15(21-11-20-14)18-9-7-12-3-5-13(6-4-12)25(17,23)24/h3-6,10-11H,2,7-9H2,1H3,(H,19,22)(H2,17,23,24)(H,18,20,21). The van der Waals surface area contributed by atoms with E-state index in [9.17, 15) is 13.2 Å². The molecule has 25 heavy (non-hydrogen) atoms. The first kappa shape index (κ1) is 18.8. The van der Waals surface area contributed by atoms with Gasteiger partial charge in [0.2, 0.25) is 10.0 Å². The van der Waals surface area contributed by atoms with E-state index in [1.165, 1.54) is 18.5 Å². The number of benzene rings is 1. The average Bonchev–Trinajstić information content (AvgIpc) is 2.59. The summed E-state index contributed by atoms with van der Waals surface area (Å²) in [4.78, 5) is 20.0. The van der Waals surface area contributed by atoms with Gasteiger partial charge in [-0.25, -0.2) is 23.5 Å². The van der Waals surface area contributed by atoms with E-state index in [4.69, 9.17) is 5.14 Å². The van der Waals surface area contributed by atoms with Crippen LogP contribution in [0.4, 0.5) is 5.82 Å². The molecule has 0 bridgehead atoms. The fourth-order valence-electron chi connectivity index (χ4n) is 2.09. The summed E-state index contributed by atoms with van der Waals surface area (Å²) in [5.74, 6) is 0.323. The highest BCUT2D eigenvalue weighted by Crippen LogP contribution is 2.10. The first-order chi connectivity index (χ1) is 11.9. The van der Waals surface area contributed by atoms with Crippen molar-refractivity contribution >= 4 is 21.7 Å². The highest BCUT2D eigenvalue weighted by Gasteiger charge is 2.08. The SMILES string of the molecule is CCCNC(=O)c1cc(NCCc2ccc(S(N)(=O)=O)cc2)ncn1. The maximum absolute atomic E-state index is 11.9. The number of hydrogen-bond acceptors (Lipinski definition) is 6.